The van der Waals surface area contributed by atoms with Crippen LogP contribution in [0.4, 0.5) is 10.5 Å². The van der Waals surface area contributed by atoms with E-state index in [1.54, 1.807) is 12.1 Å². The summed E-state index contributed by atoms with van der Waals surface area (Å²) in [4.78, 5) is 12.2. The Labute approximate surface area is 171 Å². The third kappa shape index (κ3) is 6.53. The van der Waals surface area contributed by atoms with Gasteiger partial charge in [-0.05, 0) is 44.9 Å². The molecule has 0 unspecified atom stereocenters. The van der Waals surface area contributed by atoms with Crippen molar-refractivity contribution in [1.29, 1.82) is 0 Å². The van der Waals surface area contributed by atoms with Crippen molar-refractivity contribution in [3.8, 4) is 17.2 Å². The van der Waals surface area contributed by atoms with Crippen molar-refractivity contribution >= 4 is 23.3 Å². The van der Waals surface area contributed by atoms with Crippen LogP contribution < -0.4 is 24.8 Å². The van der Waals surface area contributed by atoms with E-state index >= 15 is 0 Å². The second-order valence-electron chi connectivity index (χ2n) is 5.86. The fourth-order valence-corrected chi connectivity index (χ4v) is 2.73. The summed E-state index contributed by atoms with van der Waals surface area (Å²) in [5, 5.41) is 6.35. The lowest BCUT2D eigenvalue weighted by atomic mass is 10.1. The summed E-state index contributed by atoms with van der Waals surface area (Å²) in [5.41, 5.74) is 1.67. The normalized spacial score (nSPS) is 10.3. The van der Waals surface area contributed by atoms with Gasteiger partial charge in [0.2, 0.25) is 5.75 Å². The smallest absolute Gasteiger partial charge is 0.319 e. The minimum atomic E-state index is -0.303. The van der Waals surface area contributed by atoms with Crippen molar-refractivity contribution in [1.82, 2.24) is 5.32 Å². The quantitative estimate of drug-likeness (QED) is 0.588. The molecule has 2 rings (SSSR count). The number of carbonyl (C=O) groups excluding carboxylic acids is 1. The zero-order valence-electron chi connectivity index (χ0n) is 16.5. The second-order valence-corrected chi connectivity index (χ2v) is 6.29. The van der Waals surface area contributed by atoms with Crippen molar-refractivity contribution in [2.24, 2.45) is 0 Å². The summed E-state index contributed by atoms with van der Waals surface area (Å²) in [6, 6.07) is 10.7. The van der Waals surface area contributed by atoms with E-state index in [9.17, 15) is 4.79 Å². The number of rotatable bonds is 10. The maximum Gasteiger partial charge on any atom is 0.319 e. The topological polar surface area (TPSA) is 68.8 Å². The van der Waals surface area contributed by atoms with Crippen LogP contribution in [0.2, 0.25) is 5.02 Å². The number of ether oxygens (including phenoxy) is 3. The largest absolute Gasteiger partial charge is 0.490 e. The zero-order valence-corrected chi connectivity index (χ0v) is 17.3. The molecule has 0 saturated heterocycles. The van der Waals surface area contributed by atoms with Crippen LogP contribution in [-0.2, 0) is 6.42 Å². The van der Waals surface area contributed by atoms with E-state index in [2.05, 4.69) is 10.6 Å². The monoisotopic (exact) mass is 406 g/mol. The van der Waals surface area contributed by atoms with Crippen molar-refractivity contribution in [2.75, 3.05) is 31.7 Å². The Kier molecular flexibility index (Phi) is 8.75. The van der Waals surface area contributed by atoms with Crippen molar-refractivity contribution in [2.45, 2.75) is 27.2 Å². The Balaban J connectivity index is 2.02. The van der Waals surface area contributed by atoms with E-state index < -0.39 is 0 Å². The molecule has 0 aliphatic heterocycles. The second kappa shape index (κ2) is 11.3. The third-order valence-electron chi connectivity index (χ3n) is 3.78. The van der Waals surface area contributed by atoms with E-state index in [0.717, 1.165) is 5.56 Å². The molecule has 0 bridgehead atoms. The fraction of sp³-hybridized carbons (Fsp3) is 0.381. The molecule has 0 spiro atoms. The van der Waals surface area contributed by atoms with Gasteiger partial charge in [-0.1, -0.05) is 23.7 Å². The van der Waals surface area contributed by atoms with Gasteiger partial charge < -0.3 is 24.8 Å². The lowest BCUT2D eigenvalue weighted by Gasteiger charge is -2.17. The Morgan fingerprint density at radius 1 is 0.929 bits per heavy atom. The number of hydrogen-bond donors (Lipinski definition) is 2. The highest BCUT2D eigenvalue weighted by atomic mass is 35.5. The van der Waals surface area contributed by atoms with Crippen molar-refractivity contribution < 1.29 is 19.0 Å². The highest BCUT2D eigenvalue weighted by Crippen LogP contribution is 2.40. The molecule has 0 atom stereocenters. The summed E-state index contributed by atoms with van der Waals surface area (Å²) < 4.78 is 17.0. The van der Waals surface area contributed by atoms with Crippen LogP contribution in [0.1, 0.15) is 26.3 Å². The number of hydrogen-bond acceptors (Lipinski definition) is 4. The van der Waals surface area contributed by atoms with Crippen LogP contribution in [0.3, 0.4) is 0 Å². The molecule has 0 aliphatic rings. The zero-order chi connectivity index (χ0) is 20.4. The Hall–Kier alpha value is -2.60. The van der Waals surface area contributed by atoms with E-state index in [1.165, 1.54) is 0 Å². The van der Waals surface area contributed by atoms with Crippen molar-refractivity contribution in [3.63, 3.8) is 0 Å². The first-order chi connectivity index (χ1) is 13.6. The first-order valence-corrected chi connectivity index (χ1v) is 9.80. The van der Waals surface area contributed by atoms with E-state index in [-0.39, 0.29) is 6.03 Å². The maximum absolute atomic E-state index is 12.2. The molecule has 2 amide bonds. The molecule has 0 heterocycles. The number of amides is 2. The number of urea groups is 1. The molecule has 2 N–H and O–H groups in total. The van der Waals surface area contributed by atoms with Crippen LogP contribution in [0.5, 0.6) is 17.2 Å². The first-order valence-electron chi connectivity index (χ1n) is 9.43. The minimum absolute atomic E-state index is 0.303. The number of benzene rings is 2. The molecule has 0 radical (unpaired) electrons. The number of halogens is 1. The van der Waals surface area contributed by atoms with E-state index in [1.807, 2.05) is 45.0 Å². The molecule has 6 nitrogen and oxygen atoms in total. The summed E-state index contributed by atoms with van der Waals surface area (Å²) in [7, 11) is 0. The Morgan fingerprint density at radius 2 is 1.50 bits per heavy atom. The Morgan fingerprint density at radius 3 is 2.04 bits per heavy atom. The van der Waals surface area contributed by atoms with Gasteiger partial charge in [-0.15, -0.1) is 0 Å². The van der Waals surface area contributed by atoms with Gasteiger partial charge in [0.05, 0.1) is 25.5 Å². The molecule has 0 saturated carbocycles. The highest BCUT2D eigenvalue weighted by molar-refractivity contribution is 6.30. The number of carbonyl (C=O) groups is 1. The van der Waals surface area contributed by atoms with Gasteiger partial charge in [0.1, 0.15) is 0 Å². The van der Waals surface area contributed by atoms with Crippen LogP contribution >= 0.6 is 11.6 Å². The SMILES string of the molecule is CCOc1cc(NC(=O)NCCc2ccc(Cl)cc2)cc(OCC)c1OCC. The van der Waals surface area contributed by atoms with Crippen LogP contribution in [-0.4, -0.2) is 32.4 Å². The molecular formula is C21H27ClN2O4. The predicted octanol–water partition coefficient (Wildman–Crippen LogP) is 4.90. The summed E-state index contributed by atoms with van der Waals surface area (Å²) in [5.74, 6) is 1.61. The van der Waals surface area contributed by atoms with Crippen molar-refractivity contribution in [3.05, 3.63) is 47.0 Å². The average molecular weight is 407 g/mol. The van der Waals surface area contributed by atoms with Crippen LogP contribution in [0.25, 0.3) is 0 Å². The first kappa shape index (κ1) is 21.7. The summed E-state index contributed by atoms with van der Waals surface area (Å²) >= 11 is 5.88. The average Bonchev–Trinajstić information content (AvgIpc) is 2.66. The predicted molar refractivity (Wildman–Crippen MR) is 112 cm³/mol. The molecule has 7 heteroatoms. The number of anilines is 1. The van der Waals surface area contributed by atoms with E-state index in [4.69, 9.17) is 25.8 Å². The molecule has 152 valence electrons. The van der Waals surface area contributed by atoms with Crippen LogP contribution in [0, 0.1) is 0 Å². The van der Waals surface area contributed by atoms with Gasteiger partial charge in [0, 0.05) is 23.7 Å². The summed E-state index contributed by atoms with van der Waals surface area (Å²) in [6.45, 7) is 7.61. The lowest BCUT2D eigenvalue weighted by Crippen LogP contribution is -2.30. The summed E-state index contributed by atoms with van der Waals surface area (Å²) in [6.07, 6.45) is 0.711. The van der Waals surface area contributed by atoms with Gasteiger partial charge in [0.15, 0.2) is 11.5 Å². The van der Waals surface area contributed by atoms with Gasteiger partial charge in [-0.25, -0.2) is 4.79 Å². The number of nitrogens with one attached hydrogen (secondary N) is 2. The fourth-order valence-electron chi connectivity index (χ4n) is 2.61. The van der Waals surface area contributed by atoms with Crippen LogP contribution in [0.15, 0.2) is 36.4 Å². The molecule has 0 aromatic heterocycles. The molecule has 2 aromatic rings. The Bertz CT molecular complexity index is 738. The lowest BCUT2D eigenvalue weighted by molar-refractivity contribution is 0.252. The van der Waals surface area contributed by atoms with Gasteiger partial charge >= 0.3 is 6.03 Å². The van der Waals surface area contributed by atoms with E-state index in [0.29, 0.717) is 60.7 Å². The molecule has 2 aromatic carbocycles. The highest BCUT2D eigenvalue weighted by Gasteiger charge is 2.16. The standard InChI is InChI=1S/C21H27ClN2O4/c1-4-26-18-13-17(14-19(27-5-2)20(18)28-6-3)24-21(25)23-12-11-15-7-9-16(22)10-8-15/h7-10,13-14H,4-6,11-12H2,1-3H3,(H2,23,24,25). The molecule has 0 fully saturated rings. The molecule has 28 heavy (non-hydrogen) atoms. The van der Waals surface area contributed by atoms with Gasteiger partial charge in [-0.3, -0.25) is 0 Å². The maximum atomic E-state index is 12.2. The minimum Gasteiger partial charge on any atom is -0.490 e. The van der Waals surface area contributed by atoms with Gasteiger partial charge in [-0.2, -0.15) is 0 Å². The third-order valence-corrected chi connectivity index (χ3v) is 4.03. The molecular weight excluding hydrogens is 380 g/mol. The molecule has 0 aliphatic carbocycles. The van der Waals surface area contributed by atoms with Gasteiger partial charge in [0.25, 0.3) is 0 Å².